The molecule has 1 aliphatic heterocycles. The van der Waals surface area contributed by atoms with E-state index in [1.807, 2.05) is 0 Å². The van der Waals surface area contributed by atoms with E-state index in [0.29, 0.717) is 30.5 Å². The number of amides is 1. The van der Waals surface area contributed by atoms with Gasteiger partial charge in [0, 0.05) is 19.2 Å². The van der Waals surface area contributed by atoms with Crippen molar-refractivity contribution >= 4 is 17.1 Å². The molecule has 0 saturated carbocycles. The van der Waals surface area contributed by atoms with Gasteiger partial charge in [-0.3, -0.25) is 4.79 Å². The molecule has 1 fully saturated rings. The van der Waals surface area contributed by atoms with E-state index in [-0.39, 0.29) is 34.3 Å². The first-order valence-corrected chi connectivity index (χ1v) is 9.16. The lowest BCUT2D eigenvalue weighted by Crippen LogP contribution is -2.44. The minimum Gasteiger partial charge on any atom is -0.507 e. The van der Waals surface area contributed by atoms with Crippen LogP contribution in [0.4, 0.5) is 13.2 Å². The Hall–Kier alpha value is -3.14. The summed E-state index contributed by atoms with van der Waals surface area (Å²) >= 11 is 0. The Labute approximate surface area is 168 Å². The van der Waals surface area contributed by atoms with Crippen molar-refractivity contribution < 1.29 is 32.2 Å². The van der Waals surface area contributed by atoms with E-state index >= 15 is 0 Å². The van der Waals surface area contributed by atoms with Crippen LogP contribution in [0.3, 0.4) is 0 Å². The van der Waals surface area contributed by atoms with Crippen LogP contribution in [0.2, 0.25) is 0 Å². The molecule has 7 nitrogen and oxygen atoms in total. The molecule has 0 radical (unpaired) electrons. The Balaban J connectivity index is 1.69. The number of aromatic hydroxyl groups is 1. The fraction of sp³-hybridized carbons (Fsp3) is 0.350. The first-order valence-electron chi connectivity index (χ1n) is 9.16. The van der Waals surface area contributed by atoms with Crippen LogP contribution in [-0.2, 0) is 15.7 Å². The van der Waals surface area contributed by atoms with Crippen molar-refractivity contribution in [2.24, 2.45) is 0 Å². The molecule has 2 atom stereocenters. The van der Waals surface area contributed by atoms with E-state index in [4.69, 9.17) is 9.15 Å². The van der Waals surface area contributed by atoms with E-state index in [2.05, 4.69) is 15.3 Å². The van der Waals surface area contributed by atoms with Gasteiger partial charge in [-0.1, -0.05) is 0 Å². The normalized spacial score (nSPS) is 19.8. The minimum atomic E-state index is -4.56. The second kappa shape index (κ2) is 7.28. The van der Waals surface area contributed by atoms with Crippen LogP contribution in [-0.4, -0.2) is 40.7 Å². The number of rotatable bonds is 3. The maximum absolute atomic E-state index is 13.0. The van der Waals surface area contributed by atoms with Gasteiger partial charge in [-0.05, 0) is 43.2 Å². The minimum absolute atomic E-state index is 0.193. The van der Waals surface area contributed by atoms with Gasteiger partial charge in [0.2, 0.25) is 11.8 Å². The molecule has 3 heterocycles. The molecule has 10 heteroatoms. The molecule has 1 amide bonds. The first-order chi connectivity index (χ1) is 14.2. The average Bonchev–Trinajstić information content (AvgIpc) is 3.10. The second-order valence-corrected chi connectivity index (χ2v) is 7.16. The Bertz CT molecular complexity index is 1100. The third kappa shape index (κ3) is 3.58. The lowest BCUT2D eigenvalue weighted by Gasteiger charge is -2.26. The molecule has 30 heavy (non-hydrogen) atoms. The Kier molecular flexibility index (Phi) is 4.89. The van der Waals surface area contributed by atoms with E-state index in [1.54, 1.807) is 12.1 Å². The molecule has 2 aromatic heterocycles. The zero-order valence-electron chi connectivity index (χ0n) is 16.1. The highest BCUT2D eigenvalue weighted by Crippen LogP contribution is 2.39. The number of ether oxygens (including phenoxy) is 1. The zero-order chi connectivity index (χ0) is 21.6. The van der Waals surface area contributed by atoms with Crippen molar-refractivity contribution in [2.45, 2.75) is 31.5 Å². The number of alkyl halides is 3. The number of piperidine rings is 1. The molecule has 0 unspecified atom stereocenters. The summed E-state index contributed by atoms with van der Waals surface area (Å²) in [5, 5.41) is 12.9. The fourth-order valence-electron chi connectivity index (χ4n) is 3.59. The van der Waals surface area contributed by atoms with Gasteiger partial charge in [-0.15, -0.1) is 0 Å². The standard InChI is InChI=1S/C20H18F3N3O4/c1-9-5-11(20(21,22)23)7-13(27)16(9)12-3-4-14-17(25-12)26-19(30-14)10-6-15(29-2)18(28)24-8-10/h3-5,7,10,15,27H,6,8H2,1-2H3,(H,24,28)/t10-,15-/m1/s1. The molecule has 3 aromatic rings. The van der Waals surface area contributed by atoms with E-state index < -0.39 is 23.6 Å². The average molecular weight is 421 g/mol. The summed E-state index contributed by atoms with van der Waals surface area (Å²) in [4.78, 5) is 20.5. The van der Waals surface area contributed by atoms with Crippen molar-refractivity contribution in [3.8, 4) is 17.0 Å². The van der Waals surface area contributed by atoms with Gasteiger partial charge in [-0.25, -0.2) is 4.98 Å². The molecule has 4 rings (SSSR count). The summed E-state index contributed by atoms with van der Waals surface area (Å²) in [7, 11) is 1.45. The van der Waals surface area contributed by atoms with E-state index in [1.165, 1.54) is 14.0 Å². The Morgan fingerprint density at radius 2 is 2.03 bits per heavy atom. The summed E-state index contributed by atoms with van der Waals surface area (Å²) in [5.41, 5.74) is 0.418. The zero-order valence-corrected chi connectivity index (χ0v) is 16.1. The quantitative estimate of drug-likeness (QED) is 0.672. The number of oxazole rings is 1. The number of carbonyl (C=O) groups excluding carboxylic acids is 1. The van der Waals surface area contributed by atoms with Crippen molar-refractivity contribution in [1.82, 2.24) is 15.3 Å². The van der Waals surface area contributed by atoms with Crippen LogP contribution in [0.25, 0.3) is 22.5 Å². The molecule has 1 aromatic carbocycles. The lowest BCUT2D eigenvalue weighted by molar-refractivity contribution is -0.137. The van der Waals surface area contributed by atoms with Crippen LogP contribution in [0, 0.1) is 6.92 Å². The SMILES string of the molecule is CO[C@@H]1C[C@@H](c2nc3nc(-c4c(C)cc(C(F)(F)F)cc4O)ccc3o2)CNC1=O. The largest absolute Gasteiger partial charge is 0.507 e. The van der Waals surface area contributed by atoms with Gasteiger partial charge in [-0.2, -0.15) is 18.2 Å². The molecule has 0 aliphatic carbocycles. The third-order valence-electron chi connectivity index (χ3n) is 5.12. The van der Waals surface area contributed by atoms with Gasteiger partial charge >= 0.3 is 6.18 Å². The summed E-state index contributed by atoms with van der Waals surface area (Å²) in [6.07, 6.45) is -4.76. The number of aryl methyl sites for hydroxylation is 1. The number of benzene rings is 1. The number of hydrogen-bond acceptors (Lipinski definition) is 6. The summed E-state index contributed by atoms with van der Waals surface area (Å²) in [5.74, 6) is -0.536. The first kappa shape index (κ1) is 20.1. The van der Waals surface area contributed by atoms with E-state index in [0.717, 1.165) is 6.07 Å². The Morgan fingerprint density at radius 1 is 1.27 bits per heavy atom. The van der Waals surface area contributed by atoms with Crippen molar-refractivity contribution in [3.05, 3.63) is 41.3 Å². The summed E-state index contributed by atoms with van der Waals surface area (Å²) in [6.45, 7) is 1.82. The number of nitrogens with zero attached hydrogens (tertiary/aromatic N) is 2. The topological polar surface area (TPSA) is 97.5 Å². The number of methoxy groups -OCH3 is 1. The van der Waals surface area contributed by atoms with Crippen LogP contribution in [0.15, 0.2) is 28.7 Å². The van der Waals surface area contributed by atoms with Gasteiger partial charge in [0.25, 0.3) is 0 Å². The number of halogens is 3. The number of carbonyl (C=O) groups is 1. The van der Waals surface area contributed by atoms with Crippen LogP contribution < -0.4 is 5.32 Å². The third-order valence-corrected chi connectivity index (χ3v) is 5.12. The number of phenols is 1. The monoisotopic (exact) mass is 421 g/mol. The molecular weight excluding hydrogens is 403 g/mol. The van der Waals surface area contributed by atoms with Gasteiger partial charge in [0.15, 0.2) is 11.2 Å². The predicted octanol–water partition coefficient (Wildman–Crippen LogP) is 3.54. The Morgan fingerprint density at radius 3 is 2.70 bits per heavy atom. The molecule has 1 saturated heterocycles. The number of aromatic nitrogens is 2. The second-order valence-electron chi connectivity index (χ2n) is 7.16. The van der Waals surface area contributed by atoms with Crippen LogP contribution in [0.5, 0.6) is 5.75 Å². The molecule has 2 N–H and O–H groups in total. The maximum atomic E-state index is 13.0. The molecule has 158 valence electrons. The van der Waals surface area contributed by atoms with Crippen molar-refractivity contribution in [2.75, 3.05) is 13.7 Å². The number of pyridine rings is 1. The molecule has 0 bridgehead atoms. The molecule has 1 aliphatic rings. The molecule has 0 spiro atoms. The van der Waals surface area contributed by atoms with Gasteiger partial charge in [0.05, 0.1) is 17.2 Å². The van der Waals surface area contributed by atoms with E-state index in [9.17, 15) is 23.1 Å². The van der Waals surface area contributed by atoms with Crippen molar-refractivity contribution in [1.29, 1.82) is 0 Å². The summed E-state index contributed by atoms with van der Waals surface area (Å²) in [6, 6.07) is 4.79. The number of phenolic OH excluding ortho intramolecular Hbond substituents is 1. The molecular formula is C20H18F3N3O4. The fourth-order valence-corrected chi connectivity index (χ4v) is 3.59. The van der Waals surface area contributed by atoms with Crippen molar-refractivity contribution in [3.63, 3.8) is 0 Å². The number of nitrogens with one attached hydrogen (secondary N) is 1. The maximum Gasteiger partial charge on any atom is 0.416 e. The van der Waals surface area contributed by atoms with Crippen LogP contribution >= 0.6 is 0 Å². The van der Waals surface area contributed by atoms with Gasteiger partial charge < -0.3 is 19.6 Å². The lowest BCUT2D eigenvalue weighted by atomic mass is 9.97. The highest BCUT2D eigenvalue weighted by atomic mass is 19.4. The summed E-state index contributed by atoms with van der Waals surface area (Å²) < 4.78 is 49.8. The predicted molar refractivity (Wildman–Crippen MR) is 99.8 cm³/mol. The highest BCUT2D eigenvalue weighted by molar-refractivity contribution is 5.82. The number of fused-ring (bicyclic) bond motifs is 1. The number of hydrogen-bond donors (Lipinski definition) is 2. The van der Waals surface area contributed by atoms with Crippen LogP contribution in [0.1, 0.15) is 29.4 Å². The van der Waals surface area contributed by atoms with Gasteiger partial charge in [0.1, 0.15) is 11.9 Å². The smallest absolute Gasteiger partial charge is 0.416 e. The highest BCUT2D eigenvalue weighted by Gasteiger charge is 2.33.